The third-order valence-electron chi connectivity index (χ3n) is 3.00. The first-order valence-corrected chi connectivity index (χ1v) is 7.18. The van der Waals surface area contributed by atoms with Crippen molar-refractivity contribution in [2.75, 3.05) is 5.32 Å². The first kappa shape index (κ1) is 14.6. The van der Waals surface area contributed by atoms with E-state index in [0.29, 0.717) is 16.5 Å². The zero-order valence-electron chi connectivity index (χ0n) is 11.2. The molecule has 1 N–H and O–H groups in total. The van der Waals surface area contributed by atoms with Crippen molar-refractivity contribution in [2.45, 2.75) is 0 Å². The molecule has 0 fully saturated rings. The minimum atomic E-state index is -0.421. The van der Waals surface area contributed by atoms with Gasteiger partial charge in [0.2, 0.25) is 0 Å². The third kappa shape index (κ3) is 2.98. The number of rotatable bonds is 3. The summed E-state index contributed by atoms with van der Waals surface area (Å²) in [6.45, 7) is 0. The molecule has 0 bridgehead atoms. The highest BCUT2D eigenvalue weighted by Gasteiger charge is 2.15. The second-order valence-corrected chi connectivity index (χ2v) is 5.28. The summed E-state index contributed by atoms with van der Waals surface area (Å²) in [7, 11) is 0. The summed E-state index contributed by atoms with van der Waals surface area (Å²) in [5.74, 6) is 0.0954. The van der Waals surface area contributed by atoms with Gasteiger partial charge in [0, 0.05) is 11.6 Å². The van der Waals surface area contributed by atoms with E-state index < -0.39 is 5.91 Å². The zero-order valence-corrected chi connectivity index (χ0v) is 12.7. The van der Waals surface area contributed by atoms with E-state index in [1.165, 1.54) is 0 Å². The first-order chi connectivity index (χ1) is 10.6. The van der Waals surface area contributed by atoms with Crippen molar-refractivity contribution in [1.82, 2.24) is 5.16 Å². The number of nitrogens with zero attached hydrogens (tertiary/aromatic N) is 1. The lowest BCUT2D eigenvalue weighted by Crippen LogP contribution is -2.12. The Bertz CT molecular complexity index is 816. The number of anilines is 1. The first-order valence-electron chi connectivity index (χ1n) is 6.42. The van der Waals surface area contributed by atoms with E-state index in [0.717, 1.165) is 5.56 Å². The molecule has 3 rings (SSSR count). The normalized spacial score (nSPS) is 10.5. The van der Waals surface area contributed by atoms with E-state index in [9.17, 15) is 4.79 Å². The Morgan fingerprint density at radius 3 is 2.59 bits per heavy atom. The van der Waals surface area contributed by atoms with Crippen LogP contribution in [0.2, 0.25) is 10.0 Å². The van der Waals surface area contributed by atoms with Gasteiger partial charge in [0.25, 0.3) is 5.91 Å². The molecule has 6 heteroatoms. The summed E-state index contributed by atoms with van der Waals surface area (Å²) in [6, 6.07) is 16.0. The second-order valence-electron chi connectivity index (χ2n) is 4.50. The summed E-state index contributed by atoms with van der Waals surface area (Å²) >= 11 is 11.9. The quantitative estimate of drug-likeness (QED) is 0.742. The maximum Gasteiger partial charge on any atom is 0.277 e. The number of hydrogen-bond acceptors (Lipinski definition) is 3. The molecule has 1 amide bonds. The van der Waals surface area contributed by atoms with Crippen LogP contribution in [0, 0.1) is 0 Å². The lowest BCUT2D eigenvalue weighted by molar-refractivity contribution is 0.101. The van der Waals surface area contributed by atoms with Gasteiger partial charge in [-0.05, 0) is 12.1 Å². The van der Waals surface area contributed by atoms with Crippen molar-refractivity contribution in [2.24, 2.45) is 0 Å². The van der Waals surface area contributed by atoms with Crippen LogP contribution >= 0.6 is 23.2 Å². The Hall–Kier alpha value is -2.30. The molecule has 0 saturated heterocycles. The molecular formula is C16H10Cl2N2O2. The highest BCUT2D eigenvalue weighted by Crippen LogP contribution is 2.30. The molecule has 0 spiro atoms. The Morgan fingerprint density at radius 2 is 1.82 bits per heavy atom. The number of nitrogens with one attached hydrogen (secondary N) is 1. The van der Waals surface area contributed by atoms with Crippen molar-refractivity contribution in [3.05, 3.63) is 70.3 Å². The molecule has 4 nitrogen and oxygen atoms in total. The van der Waals surface area contributed by atoms with E-state index in [2.05, 4.69) is 10.5 Å². The monoisotopic (exact) mass is 332 g/mol. The predicted octanol–water partition coefficient (Wildman–Crippen LogP) is 4.90. The van der Waals surface area contributed by atoms with E-state index in [1.807, 2.05) is 30.3 Å². The number of carbonyl (C=O) groups excluding carboxylic acids is 1. The predicted molar refractivity (Wildman–Crippen MR) is 86.4 cm³/mol. The molecule has 0 radical (unpaired) electrons. The van der Waals surface area contributed by atoms with Gasteiger partial charge < -0.3 is 9.84 Å². The smallest absolute Gasteiger partial charge is 0.277 e. The average molecular weight is 333 g/mol. The topological polar surface area (TPSA) is 55.1 Å². The van der Waals surface area contributed by atoms with Gasteiger partial charge >= 0.3 is 0 Å². The number of hydrogen-bond donors (Lipinski definition) is 1. The van der Waals surface area contributed by atoms with Crippen molar-refractivity contribution in [3.63, 3.8) is 0 Å². The molecule has 0 unspecified atom stereocenters. The molecule has 3 aromatic rings. The second kappa shape index (κ2) is 6.22. The Labute approximate surface area is 136 Å². The van der Waals surface area contributed by atoms with Crippen molar-refractivity contribution in [1.29, 1.82) is 0 Å². The number of amides is 1. The van der Waals surface area contributed by atoms with Crippen molar-refractivity contribution in [3.8, 4) is 11.3 Å². The molecule has 0 aliphatic rings. The van der Waals surface area contributed by atoms with Gasteiger partial charge in [-0.2, -0.15) is 0 Å². The summed E-state index contributed by atoms with van der Waals surface area (Å²) < 4.78 is 5.19. The maximum absolute atomic E-state index is 12.2. The highest BCUT2D eigenvalue weighted by molar-refractivity contribution is 6.44. The van der Waals surface area contributed by atoms with Gasteiger partial charge in [-0.25, -0.2) is 0 Å². The van der Waals surface area contributed by atoms with Gasteiger partial charge in [0.1, 0.15) is 0 Å². The van der Waals surface area contributed by atoms with Crippen LogP contribution in [-0.2, 0) is 0 Å². The van der Waals surface area contributed by atoms with E-state index in [1.54, 1.807) is 24.3 Å². The summed E-state index contributed by atoms with van der Waals surface area (Å²) in [6.07, 6.45) is 0. The minimum Gasteiger partial charge on any atom is -0.355 e. The number of benzene rings is 2. The fraction of sp³-hybridized carbons (Fsp3) is 0. The van der Waals surface area contributed by atoms with Gasteiger partial charge in [0.15, 0.2) is 11.5 Å². The summed E-state index contributed by atoms with van der Waals surface area (Å²) in [4.78, 5) is 12.2. The Balaban J connectivity index is 1.82. The van der Waals surface area contributed by atoms with Crippen LogP contribution in [0.25, 0.3) is 11.3 Å². The molecule has 0 aliphatic heterocycles. The Morgan fingerprint density at radius 1 is 1.05 bits per heavy atom. The van der Waals surface area contributed by atoms with Crippen LogP contribution in [0.4, 0.5) is 5.69 Å². The van der Waals surface area contributed by atoms with Gasteiger partial charge in [-0.15, -0.1) is 0 Å². The van der Waals surface area contributed by atoms with Crippen LogP contribution in [0.3, 0.4) is 0 Å². The van der Waals surface area contributed by atoms with Crippen LogP contribution < -0.4 is 5.32 Å². The van der Waals surface area contributed by atoms with E-state index in [4.69, 9.17) is 27.7 Å². The largest absolute Gasteiger partial charge is 0.355 e. The van der Waals surface area contributed by atoms with Gasteiger partial charge in [0.05, 0.1) is 15.7 Å². The Kier molecular flexibility index (Phi) is 4.13. The molecule has 0 atom stereocenters. The molecule has 0 saturated carbocycles. The third-order valence-corrected chi connectivity index (χ3v) is 3.82. The summed E-state index contributed by atoms with van der Waals surface area (Å²) in [5, 5.41) is 7.08. The highest BCUT2D eigenvalue weighted by atomic mass is 35.5. The molecule has 2 aromatic carbocycles. The van der Waals surface area contributed by atoms with E-state index >= 15 is 0 Å². The van der Waals surface area contributed by atoms with Gasteiger partial charge in [-0.3, -0.25) is 4.79 Å². The number of aromatic nitrogens is 1. The fourth-order valence-electron chi connectivity index (χ4n) is 1.91. The van der Waals surface area contributed by atoms with Crippen molar-refractivity contribution < 1.29 is 9.32 Å². The average Bonchev–Trinajstić information content (AvgIpc) is 3.03. The molecule has 22 heavy (non-hydrogen) atoms. The molecule has 1 heterocycles. The standard InChI is InChI=1S/C16H10Cl2N2O2/c17-11-7-4-8-12(15(11)18)19-16(21)13-9-14(22-20-13)10-5-2-1-3-6-10/h1-9H,(H,19,21). The molecule has 1 aromatic heterocycles. The minimum absolute atomic E-state index is 0.162. The van der Waals surface area contributed by atoms with Crippen LogP contribution in [-0.4, -0.2) is 11.1 Å². The number of carbonyl (C=O) groups is 1. The van der Waals surface area contributed by atoms with Crippen molar-refractivity contribution >= 4 is 34.8 Å². The zero-order chi connectivity index (χ0) is 15.5. The number of halogens is 2. The molecule has 0 aliphatic carbocycles. The van der Waals surface area contributed by atoms with E-state index in [-0.39, 0.29) is 10.7 Å². The molecule has 110 valence electrons. The lowest BCUT2D eigenvalue weighted by Gasteiger charge is -2.05. The molecular weight excluding hydrogens is 323 g/mol. The summed E-state index contributed by atoms with van der Waals surface area (Å²) in [5.41, 5.74) is 1.42. The maximum atomic E-state index is 12.2. The SMILES string of the molecule is O=C(Nc1cccc(Cl)c1Cl)c1cc(-c2ccccc2)on1. The lowest BCUT2D eigenvalue weighted by atomic mass is 10.1. The van der Waals surface area contributed by atoms with Crippen LogP contribution in [0.5, 0.6) is 0 Å². The van der Waals surface area contributed by atoms with Crippen LogP contribution in [0.1, 0.15) is 10.5 Å². The van der Waals surface area contributed by atoms with Gasteiger partial charge in [-0.1, -0.05) is 64.8 Å². The van der Waals surface area contributed by atoms with Crippen LogP contribution in [0.15, 0.2) is 59.1 Å². The fourth-order valence-corrected chi connectivity index (χ4v) is 2.26.